The number of ether oxygens (including phenoxy) is 3. The summed E-state index contributed by atoms with van der Waals surface area (Å²) >= 11 is 0. The Morgan fingerprint density at radius 2 is 0.545 bits per heavy atom. The lowest BCUT2D eigenvalue weighted by Crippen LogP contribution is -2.49. The molecular formula is C83H159N5O13. The van der Waals surface area contributed by atoms with Crippen LogP contribution in [0.5, 0.6) is 0 Å². The number of aliphatic carboxylic acids is 2. The van der Waals surface area contributed by atoms with Crippen LogP contribution >= 0.6 is 0 Å². The van der Waals surface area contributed by atoms with E-state index < -0.39 is 65.8 Å². The molecule has 18 nitrogen and oxygen atoms in total. The third kappa shape index (κ3) is 73.8. The van der Waals surface area contributed by atoms with E-state index >= 15 is 0 Å². The quantitative estimate of drug-likeness (QED) is 0.0169. The lowest BCUT2D eigenvalue weighted by atomic mass is 10.0. The molecule has 101 heavy (non-hydrogen) atoms. The molecule has 0 aliphatic carbocycles. The first-order valence-electron chi connectivity index (χ1n) is 42.4. The molecule has 0 saturated heterocycles. The van der Waals surface area contributed by atoms with Crippen molar-refractivity contribution < 1.29 is 62.8 Å². The van der Waals surface area contributed by atoms with Gasteiger partial charge < -0.3 is 51.8 Å². The van der Waals surface area contributed by atoms with E-state index in [1.165, 1.54) is 270 Å². The molecule has 0 radical (unpaired) electrons. The van der Waals surface area contributed by atoms with E-state index in [-0.39, 0.29) is 51.0 Å². The Balaban J connectivity index is 0. The number of amides is 3. The van der Waals surface area contributed by atoms with Crippen molar-refractivity contribution in [2.75, 3.05) is 26.4 Å². The Morgan fingerprint density at radius 1 is 0.287 bits per heavy atom. The molecule has 18 heteroatoms. The highest BCUT2D eigenvalue weighted by Gasteiger charge is 2.28. The molecule has 0 rings (SSSR count). The second kappa shape index (κ2) is 78.3. The van der Waals surface area contributed by atoms with Crippen LogP contribution < -0.4 is 27.4 Å². The molecule has 0 aliphatic rings. The monoisotopic (exact) mass is 1430 g/mol. The fraction of sp³-hybridized carbons (Fsp3) is 0.904. The highest BCUT2D eigenvalue weighted by molar-refractivity contribution is 5.88. The summed E-state index contributed by atoms with van der Waals surface area (Å²) in [5.74, 6) is -4.72. The first-order valence-corrected chi connectivity index (χ1v) is 42.4. The Hall–Kier alpha value is -4.32. The van der Waals surface area contributed by atoms with Crippen molar-refractivity contribution in [3.05, 3.63) is 0 Å². The van der Waals surface area contributed by atoms with Crippen LogP contribution in [0.3, 0.4) is 0 Å². The normalized spacial score (nSPS) is 12.4. The van der Waals surface area contributed by atoms with Gasteiger partial charge in [0.15, 0.2) is 0 Å². The van der Waals surface area contributed by atoms with E-state index in [0.717, 1.165) is 70.6 Å². The molecule has 0 heterocycles. The zero-order chi connectivity index (χ0) is 74.5. The van der Waals surface area contributed by atoms with Gasteiger partial charge in [0.1, 0.15) is 12.1 Å². The van der Waals surface area contributed by atoms with Crippen molar-refractivity contribution in [3.8, 4) is 0 Å². The number of hydrogen-bond acceptors (Lipinski definition) is 13. The molecule has 0 aromatic carbocycles. The molecule has 4 atom stereocenters. The predicted octanol–water partition coefficient (Wildman–Crippen LogP) is 20.2. The summed E-state index contributed by atoms with van der Waals surface area (Å²) in [6.45, 7) is 10.4. The van der Waals surface area contributed by atoms with E-state index in [9.17, 15) is 38.4 Å². The van der Waals surface area contributed by atoms with E-state index in [0.29, 0.717) is 45.4 Å². The summed E-state index contributed by atoms with van der Waals surface area (Å²) in [4.78, 5) is 97.5. The second-order valence-electron chi connectivity index (χ2n) is 29.2. The van der Waals surface area contributed by atoms with Crippen molar-refractivity contribution in [1.29, 1.82) is 0 Å². The van der Waals surface area contributed by atoms with E-state index in [1.807, 2.05) is 0 Å². The van der Waals surface area contributed by atoms with Crippen LogP contribution in [0.25, 0.3) is 0 Å². The van der Waals surface area contributed by atoms with Gasteiger partial charge in [0.2, 0.25) is 17.7 Å². The summed E-state index contributed by atoms with van der Waals surface area (Å²) in [7, 11) is 0. The van der Waals surface area contributed by atoms with Gasteiger partial charge in [-0.2, -0.15) is 0 Å². The van der Waals surface area contributed by atoms with Crippen LogP contribution in [0.2, 0.25) is 0 Å². The lowest BCUT2D eigenvalue weighted by Gasteiger charge is -2.20. The van der Waals surface area contributed by atoms with Gasteiger partial charge in [0.25, 0.3) is 0 Å². The highest BCUT2D eigenvalue weighted by Crippen LogP contribution is 2.19. The Kier molecular flexibility index (Phi) is 76.5. The second-order valence-corrected chi connectivity index (χ2v) is 29.2. The number of carboxylic acid groups (broad SMARTS) is 2. The number of hydrogen-bond donors (Lipinski definition) is 7. The minimum absolute atomic E-state index is 0.00681. The zero-order valence-electron chi connectivity index (χ0n) is 65.7. The zero-order valence-corrected chi connectivity index (χ0v) is 65.7. The Bertz CT molecular complexity index is 1930. The molecule has 0 saturated carbocycles. The first kappa shape index (κ1) is 98.7. The highest BCUT2D eigenvalue weighted by atomic mass is 16.5. The van der Waals surface area contributed by atoms with E-state index in [4.69, 9.17) is 35.9 Å². The topological polar surface area (TPSA) is 293 Å². The number of nitrogens with two attached hydrogens (primary N) is 2. The van der Waals surface area contributed by atoms with Crippen LogP contribution in [0, 0.1) is 0 Å². The molecule has 0 aliphatic heterocycles. The van der Waals surface area contributed by atoms with Crippen LogP contribution in [0.4, 0.5) is 0 Å². The third-order valence-corrected chi connectivity index (χ3v) is 19.3. The molecule has 0 bridgehead atoms. The summed E-state index contributed by atoms with van der Waals surface area (Å²) in [6, 6.07) is -3.98. The van der Waals surface area contributed by atoms with Gasteiger partial charge >= 0.3 is 29.8 Å². The molecular weight excluding hydrogens is 1270 g/mol. The summed E-state index contributed by atoms with van der Waals surface area (Å²) in [6.07, 6.45) is 67.7. The third-order valence-electron chi connectivity index (χ3n) is 19.3. The van der Waals surface area contributed by atoms with Gasteiger partial charge in [0, 0.05) is 32.2 Å². The maximum absolute atomic E-state index is 12.9. The Morgan fingerprint density at radius 3 is 0.832 bits per heavy atom. The minimum Gasteiger partial charge on any atom is -0.481 e. The number of esters is 3. The van der Waals surface area contributed by atoms with Gasteiger partial charge in [-0.05, 0) is 64.2 Å². The van der Waals surface area contributed by atoms with Crippen molar-refractivity contribution in [2.45, 2.75) is 456 Å². The lowest BCUT2D eigenvalue weighted by molar-refractivity contribution is -0.150. The maximum atomic E-state index is 12.9. The van der Waals surface area contributed by atoms with Crippen LogP contribution in [-0.4, -0.2) is 108 Å². The molecule has 594 valence electrons. The van der Waals surface area contributed by atoms with Crippen molar-refractivity contribution in [3.63, 3.8) is 0 Å². The largest absolute Gasteiger partial charge is 0.481 e. The molecule has 4 unspecified atom stereocenters. The minimum atomic E-state index is -1.07. The van der Waals surface area contributed by atoms with Crippen LogP contribution in [0.1, 0.15) is 432 Å². The van der Waals surface area contributed by atoms with Crippen LogP contribution in [0.15, 0.2) is 0 Å². The summed E-state index contributed by atoms with van der Waals surface area (Å²) in [5.41, 5.74) is 11.7. The molecule has 0 spiro atoms. The fourth-order valence-electron chi connectivity index (χ4n) is 12.6. The van der Waals surface area contributed by atoms with E-state index in [2.05, 4.69) is 43.6 Å². The van der Waals surface area contributed by atoms with Crippen molar-refractivity contribution in [2.24, 2.45) is 11.5 Å². The van der Waals surface area contributed by atoms with Gasteiger partial charge in [-0.15, -0.1) is 0 Å². The number of carbonyl (C=O) groups excluding carboxylic acids is 6. The molecule has 9 N–H and O–H groups in total. The van der Waals surface area contributed by atoms with Gasteiger partial charge in [0.05, 0.1) is 31.9 Å². The number of carbonyl (C=O) groups is 8. The number of unbranched alkanes of at least 4 members (excludes halogenated alkanes) is 50. The average molecular weight is 1440 g/mol. The molecule has 0 aromatic heterocycles. The summed E-state index contributed by atoms with van der Waals surface area (Å²) in [5, 5.41) is 26.1. The van der Waals surface area contributed by atoms with Crippen molar-refractivity contribution in [1.82, 2.24) is 16.0 Å². The SMILES string of the molecule is CCCCCCCCCCCCCCCCOC(=O)C(CCCCNC(=O)CCCCCCCCCCCCC)NC(=O)C(N)CCC(=O)O.CCCCCCCCCCCCCCCCOC(=O)CCC(NC(=O)C(N)CCC(=O)O)C(=O)OCCCCCCCCCCCCCCCC. The van der Waals surface area contributed by atoms with Gasteiger partial charge in [-0.1, -0.05) is 342 Å². The number of carboxylic acids is 2. The molecule has 0 aromatic rings. The van der Waals surface area contributed by atoms with E-state index in [1.54, 1.807) is 0 Å². The Labute approximate surface area is 617 Å². The average Bonchev–Trinajstić information content (AvgIpc) is 1.11. The number of rotatable bonds is 77. The fourth-order valence-corrected chi connectivity index (χ4v) is 12.6. The van der Waals surface area contributed by atoms with Crippen molar-refractivity contribution >= 4 is 47.6 Å². The van der Waals surface area contributed by atoms with Gasteiger partial charge in [-0.25, -0.2) is 9.59 Å². The smallest absolute Gasteiger partial charge is 0.328 e. The van der Waals surface area contributed by atoms with Crippen LogP contribution in [-0.2, 0) is 52.6 Å². The molecule has 3 amide bonds. The summed E-state index contributed by atoms with van der Waals surface area (Å²) < 4.78 is 16.4. The maximum Gasteiger partial charge on any atom is 0.328 e. The predicted molar refractivity (Wildman–Crippen MR) is 415 cm³/mol. The first-order chi connectivity index (χ1) is 49.1. The standard InChI is InChI=1S/C42H80N2O7.C41H79N3O6/c1-3-5-7-9-11-13-15-17-19-21-23-25-27-29-35-50-40(47)34-32-38(44-41(48)37(43)31-33-39(45)46)42(49)51-36-30-28-26-24-22-20-18-16-14-12-10-8-6-4-2;1-3-5-7-9-11-13-15-16-17-19-21-23-25-29-35-50-41(49)37(44-40(48)36(42)32-33-39(46)47)30-27-28-34-43-38(45)31-26-24-22-20-18-14-12-10-8-6-4-2/h37-38H,3-36,43H2,1-2H3,(H,44,48)(H,45,46);36-37H,3-35,42H2,1-2H3,(H,43,45)(H,44,48)(H,46,47). The molecule has 0 fully saturated rings. The number of nitrogens with one attached hydrogen (secondary N) is 3. The van der Waals surface area contributed by atoms with Gasteiger partial charge in [-0.3, -0.25) is 28.8 Å².